The highest BCUT2D eigenvalue weighted by Gasteiger charge is 2.42. The Bertz CT molecular complexity index is 711. The normalized spacial score (nSPS) is 20.1. The van der Waals surface area contributed by atoms with Crippen molar-refractivity contribution in [1.82, 2.24) is 19.8 Å². The molecule has 0 bridgehead atoms. The number of nitrogens with zero attached hydrogens (tertiary/aromatic N) is 4. The highest BCUT2D eigenvalue weighted by atomic mass is 16.2. The average molecular weight is 336 g/mol. The molecular formula is C20H24N4O. The smallest absolute Gasteiger partial charge is 0.274 e. The zero-order valence-electron chi connectivity index (χ0n) is 14.5. The Morgan fingerprint density at radius 2 is 1.80 bits per heavy atom. The molecule has 0 N–H and O–H groups in total. The molecule has 2 aliphatic heterocycles. The summed E-state index contributed by atoms with van der Waals surface area (Å²) in [7, 11) is 0. The summed E-state index contributed by atoms with van der Waals surface area (Å²) in [6, 6.07) is 10.7. The third kappa shape index (κ3) is 3.56. The lowest BCUT2D eigenvalue weighted by Crippen LogP contribution is -2.42. The van der Waals surface area contributed by atoms with Crippen LogP contribution in [-0.4, -0.2) is 51.9 Å². The van der Waals surface area contributed by atoms with E-state index in [4.69, 9.17) is 0 Å². The summed E-state index contributed by atoms with van der Waals surface area (Å²) < 4.78 is 0. The molecule has 2 saturated heterocycles. The Kier molecular flexibility index (Phi) is 4.49. The largest absolute Gasteiger partial charge is 0.337 e. The molecule has 1 aromatic heterocycles. The lowest BCUT2D eigenvalue weighted by Gasteiger charge is -2.39. The van der Waals surface area contributed by atoms with Crippen LogP contribution < -0.4 is 0 Å². The second kappa shape index (κ2) is 6.92. The molecule has 0 radical (unpaired) electrons. The van der Waals surface area contributed by atoms with Gasteiger partial charge in [-0.3, -0.25) is 14.7 Å². The summed E-state index contributed by atoms with van der Waals surface area (Å²) in [5, 5.41) is 0. The van der Waals surface area contributed by atoms with Crippen LogP contribution in [0.15, 0.2) is 48.9 Å². The van der Waals surface area contributed by atoms with Crippen molar-refractivity contribution in [2.45, 2.75) is 25.8 Å². The number of amides is 1. The Labute approximate surface area is 148 Å². The number of carbonyl (C=O) groups is 1. The molecule has 1 aromatic carbocycles. The maximum absolute atomic E-state index is 12.6. The van der Waals surface area contributed by atoms with Crippen LogP contribution in [0.5, 0.6) is 0 Å². The molecule has 2 fully saturated rings. The zero-order chi connectivity index (χ0) is 17.1. The highest BCUT2D eigenvalue weighted by molar-refractivity contribution is 5.92. The first-order valence-corrected chi connectivity index (χ1v) is 9.06. The van der Waals surface area contributed by atoms with Crippen molar-refractivity contribution in [2.24, 2.45) is 5.41 Å². The van der Waals surface area contributed by atoms with Crippen molar-refractivity contribution in [1.29, 1.82) is 0 Å². The molecule has 25 heavy (non-hydrogen) atoms. The summed E-state index contributed by atoms with van der Waals surface area (Å²) >= 11 is 0. The summed E-state index contributed by atoms with van der Waals surface area (Å²) in [5.41, 5.74) is 2.14. The molecule has 0 aliphatic carbocycles. The molecule has 0 saturated carbocycles. The maximum atomic E-state index is 12.6. The van der Waals surface area contributed by atoms with Crippen molar-refractivity contribution in [3.8, 4) is 0 Å². The lowest BCUT2D eigenvalue weighted by molar-refractivity contribution is 0.0708. The first-order chi connectivity index (χ1) is 12.2. The number of carbonyl (C=O) groups excluding carboxylic acids is 1. The molecule has 5 nitrogen and oxygen atoms in total. The Balaban J connectivity index is 1.34. The van der Waals surface area contributed by atoms with Gasteiger partial charge >= 0.3 is 0 Å². The Morgan fingerprint density at radius 3 is 2.52 bits per heavy atom. The van der Waals surface area contributed by atoms with E-state index < -0.39 is 0 Å². The topological polar surface area (TPSA) is 49.3 Å². The van der Waals surface area contributed by atoms with E-state index >= 15 is 0 Å². The number of hydrogen-bond donors (Lipinski definition) is 0. The molecule has 0 unspecified atom stereocenters. The maximum Gasteiger partial charge on any atom is 0.274 e. The minimum atomic E-state index is 0.0247. The van der Waals surface area contributed by atoms with Crippen LogP contribution in [0.4, 0.5) is 0 Å². The number of rotatable bonds is 3. The van der Waals surface area contributed by atoms with Crippen molar-refractivity contribution in [3.63, 3.8) is 0 Å². The van der Waals surface area contributed by atoms with Gasteiger partial charge in [-0.05, 0) is 43.3 Å². The van der Waals surface area contributed by atoms with Gasteiger partial charge in [0.2, 0.25) is 0 Å². The van der Waals surface area contributed by atoms with Gasteiger partial charge in [-0.15, -0.1) is 0 Å². The van der Waals surface area contributed by atoms with Crippen LogP contribution in [0.3, 0.4) is 0 Å². The SMILES string of the molecule is O=C(c1cnccn1)N1CCC2(CCN(Cc3ccccc3)CC2)C1. The van der Waals surface area contributed by atoms with Gasteiger partial charge in [0, 0.05) is 32.0 Å². The van der Waals surface area contributed by atoms with Crippen molar-refractivity contribution >= 4 is 5.91 Å². The molecular weight excluding hydrogens is 312 g/mol. The lowest BCUT2D eigenvalue weighted by atomic mass is 9.77. The van der Waals surface area contributed by atoms with Gasteiger partial charge in [0.15, 0.2) is 0 Å². The number of likely N-dealkylation sites (tertiary alicyclic amines) is 2. The third-order valence-corrected chi connectivity index (χ3v) is 5.67. The van der Waals surface area contributed by atoms with E-state index in [2.05, 4.69) is 45.2 Å². The van der Waals surface area contributed by atoms with Crippen LogP contribution in [0, 0.1) is 5.41 Å². The highest BCUT2D eigenvalue weighted by Crippen LogP contribution is 2.40. The van der Waals surface area contributed by atoms with Gasteiger partial charge in [0.25, 0.3) is 5.91 Å². The third-order valence-electron chi connectivity index (χ3n) is 5.67. The first-order valence-electron chi connectivity index (χ1n) is 9.06. The van der Waals surface area contributed by atoms with Crippen molar-refractivity contribution < 1.29 is 4.79 Å². The van der Waals surface area contributed by atoms with E-state index in [-0.39, 0.29) is 5.91 Å². The molecule has 1 spiro atoms. The van der Waals surface area contributed by atoms with Crippen molar-refractivity contribution in [2.75, 3.05) is 26.2 Å². The van der Waals surface area contributed by atoms with Crippen molar-refractivity contribution in [3.05, 3.63) is 60.2 Å². The summed E-state index contributed by atoms with van der Waals surface area (Å²) in [4.78, 5) is 25.3. The van der Waals surface area contributed by atoms with Crippen LogP contribution in [0.1, 0.15) is 35.3 Å². The molecule has 0 atom stereocenters. The van der Waals surface area contributed by atoms with Gasteiger partial charge < -0.3 is 4.90 Å². The summed E-state index contributed by atoms with van der Waals surface area (Å²) in [6.45, 7) is 4.96. The van der Waals surface area contributed by atoms with Gasteiger partial charge in [0.1, 0.15) is 5.69 Å². The minimum Gasteiger partial charge on any atom is -0.337 e. The quantitative estimate of drug-likeness (QED) is 0.864. The predicted molar refractivity (Wildman–Crippen MR) is 95.9 cm³/mol. The molecule has 3 heterocycles. The fourth-order valence-electron chi connectivity index (χ4n) is 4.12. The van der Waals surface area contributed by atoms with E-state index in [1.165, 1.54) is 18.4 Å². The Hall–Kier alpha value is -2.27. The van der Waals surface area contributed by atoms with Crippen LogP contribution >= 0.6 is 0 Å². The summed E-state index contributed by atoms with van der Waals surface area (Å²) in [5.74, 6) is 0.0247. The van der Waals surface area contributed by atoms with Gasteiger partial charge in [-0.1, -0.05) is 30.3 Å². The summed E-state index contributed by atoms with van der Waals surface area (Å²) in [6.07, 6.45) is 8.20. The van der Waals surface area contributed by atoms with Crippen LogP contribution in [-0.2, 0) is 6.54 Å². The van der Waals surface area contributed by atoms with Gasteiger partial charge in [-0.2, -0.15) is 0 Å². The first kappa shape index (κ1) is 16.2. The predicted octanol–water partition coefficient (Wildman–Crippen LogP) is 2.60. The number of piperidine rings is 1. The molecule has 130 valence electrons. The zero-order valence-corrected chi connectivity index (χ0v) is 14.5. The van der Waals surface area contributed by atoms with Crippen LogP contribution in [0.25, 0.3) is 0 Å². The van der Waals surface area contributed by atoms with E-state index in [0.717, 1.165) is 39.1 Å². The molecule has 1 amide bonds. The minimum absolute atomic E-state index is 0.0247. The fraction of sp³-hybridized carbons (Fsp3) is 0.450. The number of benzene rings is 1. The number of hydrogen-bond acceptors (Lipinski definition) is 4. The van der Waals surface area contributed by atoms with E-state index in [9.17, 15) is 4.79 Å². The number of aromatic nitrogens is 2. The van der Waals surface area contributed by atoms with Crippen LogP contribution in [0.2, 0.25) is 0 Å². The monoisotopic (exact) mass is 336 g/mol. The average Bonchev–Trinajstić information content (AvgIpc) is 3.09. The van der Waals surface area contributed by atoms with Gasteiger partial charge in [-0.25, -0.2) is 4.98 Å². The fourth-order valence-corrected chi connectivity index (χ4v) is 4.12. The Morgan fingerprint density at radius 1 is 1.04 bits per heavy atom. The van der Waals surface area contributed by atoms with Gasteiger partial charge in [0.05, 0.1) is 6.20 Å². The second-order valence-corrected chi connectivity index (χ2v) is 7.33. The molecule has 2 aromatic rings. The molecule has 2 aliphatic rings. The molecule has 5 heteroatoms. The van der Waals surface area contributed by atoms with E-state index in [1.807, 2.05) is 4.90 Å². The van der Waals surface area contributed by atoms with E-state index in [1.54, 1.807) is 18.6 Å². The second-order valence-electron chi connectivity index (χ2n) is 7.33. The molecule has 4 rings (SSSR count). The standard InChI is InChI=1S/C20H24N4O/c25-19(18-14-21-9-10-22-18)24-13-8-20(16-24)6-11-23(12-7-20)15-17-4-2-1-3-5-17/h1-5,9-10,14H,6-8,11-13,15-16H2. The van der Waals surface area contributed by atoms with E-state index in [0.29, 0.717) is 11.1 Å².